The average Bonchev–Trinajstić information content (AvgIpc) is 3.81. The van der Waals surface area contributed by atoms with Crippen LogP contribution in [0.2, 0.25) is 0 Å². The summed E-state index contributed by atoms with van der Waals surface area (Å²) in [6.45, 7) is 2.67. The highest BCUT2D eigenvalue weighted by molar-refractivity contribution is 5.63. The molecule has 2 aliphatic heterocycles. The Morgan fingerprint density at radius 3 is 2.29 bits per heavy atom. The van der Waals surface area contributed by atoms with E-state index in [0.717, 1.165) is 54.8 Å². The van der Waals surface area contributed by atoms with Crippen LogP contribution >= 0.6 is 0 Å². The first-order valence-corrected chi connectivity index (χ1v) is 14.0. The van der Waals surface area contributed by atoms with E-state index in [1.165, 1.54) is 37.1 Å². The molecular formula is C29H34F3N7O2. The SMILES string of the molecule is FC(F)(F)c1cccnc1N1CCc2nc(N3CCCCC3)nc(Nc3ccc(C4CC4)cc3)c2CC1.NC(=O)O. The smallest absolute Gasteiger partial charge is 0.419 e. The van der Waals surface area contributed by atoms with Crippen molar-refractivity contribution in [3.8, 4) is 0 Å². The normalized spacial score (nSPS) is 17.1. The standard InChI is InChI=1S/C28H31F3N6.CH3NO2/c29-28(30,31)23-5-4-14-32-26(23)36-17-12-22-24(13-18-36)34-27(37-15-2-1-3-16-37)35-25(22)33-21-10-8-20(9-11-21)19-6-7-19;2-1(3)4/h4-5,8-11,14,19H,1-3,6-7,12-13,15-18H2,(H,33,34,35);2H2,(H,3,4). The number of carboxylic acid groups (broad SMARTS) is 1. The molecule has 0 atom stereocenters. The van der Waals surface area contributed by atoms with Crippen molar-refractivity contribution in [1.29, 1.82) is 0 Å². The largest absolute Gasteiger partial charge is 0.465 e. The van der Waals surface area contributed by atoms with Gasteiger partial charge in [-0.25, -0.2) is 14.8 Å². The molecule has 1 aliphatic carbocycles. The molecule has 1 saturated heterocycles. The molecule has 1 saturated carbocycles. The molecule has 12 heteroatoms. The van der Waals surface area contributed by atoms with Gasteiger partial charge in [0.2, 0.25) is 5.95 Å². The Hall–Kier alpha value is -4.09. The molecule has 6 rings (SSSR count). The number of rotatable bonds is 5. The van der Waals surface area contributed by atoms with Gasteiger partial charge in [-0.1, -0.05) is 12.1 Å². The van der Waals surface area contributed by atoms with Crippen molar-refractivity contribution in [2.24, 2.45) is 5.73 Å². The van der Waals surface area contributed by atoms with Crippen LogP contribution in [-0.2, 0) is 19.0 Å². The molecule has 3 aliphatic rings. The van der Waals surface area contributed by atoms with Crippen molar-refractivity contribution >= 4 is 29.4 Å². The van der Waals surface area contributed by atoms with Crippen molar-refractivity contribution in [2.75, 3.05) is 41.3 Å². The Kier molecular flexibility index (Phi) is 8.46. The van der Waals surface area contributed by atoms with Crippen LogP contribution in [0.25, 0.3) is 0 Å². The third-order valence-corrected chi connectivity index (χ3v) is 7.58. The van der Waals surface area contributed by atoms with Crippen molar-refractivity contribution in [3.05, 3.63) is 65.0 Å². The number of piperidine rings is 1. The molecule has 3 aromatic rings. The lowest BCUT2D eigenvalue weighted by molar-refractivity contribution is -0.137. The molecule has 0 spiro atoms. The second-order valence-corrected chi connectivity index (χ2v) is 10.6. The van der Waals surface area contributed by atoms with Gasteiger partial charge in [-0.2, -0.15) is 18.2 Å². The monoisotopic (exact) mass is 569 g/mol. The molecule has 4 N–H and O–H groups in total. The zero-order valence-electron chi connectivity index (χ0n) is 22.7. The fourth-order valence-corrected chi connectivity index (χ4v) is 5.40. The summed E-state index contributed by atoms with van der Waals surface area (Å²) in [7, 11) is 0. The number of nitrogens with two attached hydrogens (primary N) is 1. The van der Waals surface area contributed by atoms with E-state index >= 15 is 0 Å². The van der Waals surface area contributed by atoms with Crippen LogP contribution in [0, 0.1) is 0 Å². The Labute approximate surface area is 236 Å². The van der Waals surface area contributed by atoms with Crippen LogP contribution in [0.3, 0.4) is 0 Å². The van der Waals surface area contributed by atoms with Crippen LogP contribution in [0.15, 0.2) is 42.6 Å². The van der Waals surface area contributed by atoms with Crippen molar-refractivity contribution < 1.29 is 23.1 Å². The van der Waals surface area contributed by atoms with Crippen molar-refractivity contribution in [1.82, 2.24) is 15.0 Å². The molecule has 1 aromatic carbocycles. The maximum Gasteiger partial charge on any atom is 0.419 e. The molecule has 1 amide bonds. The molecule has 0 unspecified atom stereocenters. The average molecular weight is 570 g/mol. The van der Waals surface area contributed by atoms with Gasteiger partial charge in [0.05, 0.1) is 11.3 Å². The minimum Gasteiger partial charge on any atom is -0.465 e. The first kappa shape index (κ1) is 28.4. The molecule has 0 radical (unpaired) electrons. The Morgan fingerprint density at radius 2 is 1.63 bits per heavy atom. The zero-order chi connectivity index (χ0) is 29.0. The number of pyridine rings is 1. The summed E-state index contributed by atoms with van der Waals surface area (Å²) in [5.74, 6) is 2.13. The number of nitrogens with one attached hydrogen (secondary N) is 1. The summed E-state index contributed by atoms with van der Waals surface area (Å²) >= 11 is 0. The molecule has 0 bridgehead atoms. The highest BCUT2D eigenvalue weighted by Crippen LogP contribution is 2.40. The number of fused-ring (bicyclic) bond motifs is 1. The van der Waals surface area contributed by atoms with E-state index in [-0.39, 0.29) is 5.82 Å². The fraction of sp³-hybridized carbons (Fsp3) is 0.448. The Morgan fingerprint density at radius 1 is 0.951 bits per heavy atom. The van der Waals surface area contributed by atoms with Gasteiger partial charge < -0.3 is 26.0 Å². The molecule has 9 nitrogen and oxygen atoms in total. The second kappa shape index (κ2) is 12.2. The quantitative estimate of drug-likeness (QED) is 0.356. The van der Waals surface area contributed by atoms with E-state index in [9.17, 15) is 13.2 Å². The molecular weight excluding hydrogens is 535 g/mol. The van der Waals surface area contributed by atoms with E-state index in [1.54, 1.807) is 4.90 Å². The van der Waals surface area contributed by atoms with E-state index in [1.807, 2.05) is 0 Å². The third kappa shape index (κ3) is 7.17. The molecule has 2 fully saturated rings. The number of hydrogen-bond acceptors (Lipinski definition) is 7. The summed E-state index contributed by atoms with van der Waals surface area (Å²) in [5.41, 5.74) is 7.53. The minimum atomic E-state index is -4.46. The number of benzene rings is 1. The predicted molar refractivity (Wildman–Crippen MR) is 151 cm³/mol. The topological polar surface area (TPSA) is 121 Å². The summed E-state index contributed by atoms with van der Waals surface area (Å²) in [5, 5.41) is 10.7. The molecule has 4 heterocycles. The molecule has 218 valence electrons. The lowest BCUT2D eigenvalue weighted by Gasteiger charge is -2.28. The third-order valence-electron chi connectivity index (χ3n) is 7.58. The zero-order valence-corrected chi connectivity index (χ0v) is 22.7. The second-order valence-electron chi connectivity index (χ2n) is 10.6. The fourth-order valence-electron chi connectivity index (χ4n) is 5.40. The predicted octanol–water partition coefficient (Wildman–Crippen LogP) is 5.73. The van der Waals surface area contributed by atoms with E-state index in [0.29, 0.717) is 37.8 Å². The number of amides is 1. The van der Waals surface area contributed by atoms with Crippen LogP contribution in [0.4, 0.5) is 41.2 Å². The number of halogens is 3. The summed E-state index contributed by atoms with van der Waals surface area (Å²) in [6.07, 6.45) is 2.65. The van der Waals surface area contributed by atoms with Gasteiger partial charge in [-0.15, -0.1) is 0 Å². The summed E-state index contributed by atoms with van der Waals surface area (Å²) < 4.78 is 41.1. The molecule has 41 heavy (non-hydrogen) atoms. The first-order chi connectivity index (χ1) is 19.7. The van der Waals surface area contributed by atoms with Gasteiger partial charge in [0.25, 0.3) is 0 Å². The summed E-state index contributed by atoms with van der Waals surface area (Å²) in [6, 6.07) is 11.0. The van der Waals surface area contributed by atoms with Gasteiger partial charge in [0.15, 0.2) is 0 Å². The number of primary amides is 1. The Balaban J connectivity index is 0.000000794. The Bertz CT molecular complexity index is 1350. The van der Waals surface area contributed by atoms with Gasteiger partial charge >= 0.3 is 12.3 Å². The van der Waals surface area contributed by atoms with Crippen LogP contribution in [-0.4, -0.2) is 52.3 Å². The van der Waals surface area contributed by atoms with Gasteiger partial charge in [-0.05, 0) is 74.3 Å². The number of aromatic nitrogens is 3. The van der Waals surface area contributed by atoms with E-state index < -0.39 is 17.8 Å². The highest BCUT2D eigenvalue weighted by atomic mass is 19.4. The van der Waals surface area contributed by atoms with Crippen LogP contribution in [0.1, 0.15) is 60.4 Å². The van der Waals surface area contributed by atoms with Crippen molar-refractivity contribution in [2.45, 2.75) is 57.0 Å². The van der Waals surface area contributed by atoms with Gasteiger partial charge in [0, 0.05) is 50.0 Å². The first-order valence-electron chi connectivity index (χ1n) is 14.0. The number of nitrogens with zero attached hydrogens (tertiary/aromatic N) is 5. The lowest BCUT2D eigenvalue weighted by atomic mass is 10.1. The van der Waals surface area contributed by atoms with E-state index in [4.69, 9.17) is 19.9 Å². The van der Waals surface area contributed by atoms with Gasteiger partial charge in [-0.3, -0.25) is 0 Å². The van der Waals surface area contributed by atoms with Crippen molar-refractivity contribution in [3.63, 3.8) is 0 Å². The minimum absolute atomic E-state index is 0.0165. The molecule has 2 aromatic heterocycles. The van der Waals surface area contributed by atoms with Gasteiger partial charge in [0.1, 0.15) is 11.6 Å². The number of alkyl halides is 3. The van der Waals surface area contributed by atoms with Crippen LogP contribution in [0.5, 0.6) is 0 Å². The summed E-state index contributed by atoms with van der Waals surface area (Å²) in [4.78, 5) is 26.8. The van der Waals surface area contributed by atoms with Crippen LogP contribution < -0.4 is 20.9 Å². The number of anilines is 4. The highest BCUT2D eigenvalue weighted by Gasteiger charge is 2.36. The maximum atomic E-state index is 13.7. The number of carbonyl (C=O) groups is 1. The van der Waals surface area contributed by atoms with E-state index in [2.05, 4.69) is 45.2 Å². The lowest BCUT2D eigenvalue weighted by Crippen LogP contribution is -2.31. The maximum absolute atomic E-state index is 13.7. The number of hydrogen-bond donors (Lipinski definition) is 3.